The van der Waals surface area contributed by atoms with E-state index in [0.29, 0.717) is 6.04 Å². The SMILES string of the molecule is c1ccc(-c2nnc(NC3CCN(c4ncccn4)CC3)s2)nc1. The molecule has 0 spiro atoms. The highest BCUT2D eigenvalue weighted by Gasteiger charge is 2.21. The molecule has 8 heteroatoms. The molecule has 0 aromatic carbocycles. The molecule has 3 aromatic rings. The van der Waals surface area contributed by atoms with E-state index in [1.807, 2.05) is 24.3 Å². The summed E-state index contributed by atoms with van der Waals surface area (Å²) in [5, 5.41) is 13.7. The van der Waals surface area contributed by atoms with Crippen molar-refractivity contribution in [3.8, 4) is 10.7 Å². The lowest BCUT2D eigenvalue weighted by Gasteiger charge is -2.32. The second-order valence-electron chi connectivity index (χ2n) is 5.58. The van der Waals surface area contributed by atoms with Crippen LogP contribution in [0.5, 0.6) is 0 Å². The molecule has 3 aromatic heterocycles. The summed E-state index contributed by atoms with van der Waals surface area (Å²) in [6.45, 7) is 1.88. The smallest absolute Gasteiger partial charge is 0.225 e. The molecule has 4 heterocycles. The minimum atomic E-state index is 0.398. The van der Waals surface area contributed by atoms with Crippen LogP contribution in [0.4, 0.5) is 11.1 Å². The van der Waals surface area contributed by atoms with Gasteiger partial charge in [0, 0.05) is 37.7 Å². The molecule has 1 N–H and O–H groups in total. The van der Waals surface area contributed by atoms with Crippen molar-refractivity contribution in [2.75, 3.05) is 23.3 Å². The zero-order valence-corrected chi connectivity index (χ0v) is 13.9. The van der Waals surface area contributed by atoms with E-state index in [-0.39, 0.29) is 0 Å². The maximum absolute atomic E-state index is 4.32. The molecule has 7 nitrogen and oxygen atoms in total. The number of rotatable bonds is 4. The van der Waals surface area contributed by atoms with E-state index >= 15 is 0 Å². The zero-order chi connectivity index (χ0) is 16.2. The van der Waals surface area contributed by atoms with Gasteiger partial charge in [0.15, 0.2) is 5.01 Å². The van der Waals surface area contributed by atoms with Crippen molar-refractivity contribution in [1.82, 2.24) is 25.1 Å². The fraction of sp³-hybridized carbons (Fsp3) is 0.312. The fourth-order valence-electron chi connectivity index (χ4n) is 2.73. The third kappa shape index (κ3) is 3.33. The van der Waals surface area contributed by atoms with Gasteiger partial charge in [-0.1, -0.05) is 17.4 Å². The minimum absolute atomic E-state index is 0.398. The Labute approximate surface area is 143 Å². The summed E-state index contributed by atoms with van der Waals surface area (Å²) in [5.41, 5.74) is 0.860. The summed E-state index contributed by atoms with van der Waals surface area (Å²) in [5.74, 6) is 0.810. The Morgan fingerprint density at radius 3 is 2.50 bits per heavy atom. The summed E-state index contributed by atoms with van der Waals surface area (Å²) in [7, 11) is 0. The first-order valence-corrected chi connectivity index (χ1v) is 8.73. The van der Waals surface area contributed by atoms with Gasteiger partial charge < -0.3 is 10.2 Å². The Morgan fingerprint density at radius 1 is 0.958 bits per heavy atom. The molecule has 1 aliphatic rings. The van der Waals surface area contributed by atoms with Crippen molar-refractivity contribution >= 4 is 22.4 Å². The Balaban J connectivity index is 1.35. The number of piperidine rings is 1. The Kier molecular flexibility index (Phi) is 4.28. The van der Waals surface area contributed by atoms with Gasteiger partial charge in [-0.25, -0.2) is 9.97 Å². The molecule has 0 aliphatic carbocycles. The molecule has 1 saturated heterocycles. The van der Waals surface area contributed by atoms with Crippen molar-refractivity contribution in [2.24, 2.45) is 0 Å². The van der Waals surface area contributed by atoms with Gasteiger partial charge >= 0.3 is 0 Å². The third-order valence-corrected chi connectivity index (χ3v) is 4.84. The zero-order valence-electron chi connectivity index (χ0n) is 13.0. The van der Waals surface area contributed by atoms with Crippen molar-refractivity contribution in [3.05, 3.63) is 42.9 Å². The lowest BCUT2D eigenvalue weighted by Crippen LogP contribution is -2.39. The number of nitrogens with one attached hydrogen (secondary N) is 1. The summed E-state index contributed by atoms with van der Waals surface area (Å²) in [6, 6.07) is 8.04. The Hall–Kier alpha value is -2.61. The highest BCUT2D eigenvalue weighted by atomic mass is 32.1. The average molecular weight is 339 g/mol. The number of anilines is 2. The van der Waals surface area contributed by atoms with Gasteiger partial charge in [0.05, 0.1) is 0 Å². The van der Waals surface area contributed by atoms with Crippen LogP contribution in [-0.2, 0) is 0 Å². The number of nitrogens with zero attached hydrogens (tertiary/aromatic N) is 6. The predicted molar refractivity (Wildman–Crippen MR) is 94.0 cm³/mol. The van der Waals surface area contributed by atoms with Crippen LogP contribution >= 0.6 is 11.3 Å². The van der Waals surface area contributed by atoms with Crippen LogP contribution in [0.1, 0.15) is 12.8 Å². The number of aromatic nitrogens is 5. The van der Waals surface area contributed by atoms with Crippen LogP contribution in [0.3, 0.4) is 0 Å². The van der Waals surface area contributed by atoms with E-state index in [0.717, 1.165) is 47.7 Å². The Bertz CT molecular complexity index is 769. The summed E-state index contributed by atoms with van der Waals surface area (Å²) >= 11 is 1.54. The van der Waals surface area contributed by atoms with Crippen LogP contribution in [0.25, 0.3) is 10.7 Å². The molecule has 0 saturated carbocycles. The molecular weight excluding hydrogens is 322 g/mol. The summed E-state index contributed by atoms with van der Waals surface area (Å²) in [6.07, 6.45) is 7.39. The molecule has 1 fully saturated rings. The second kappa shape index (κ2) is 6.88. The first kappa shape index (κ1) is 14.9. The summed E-state index contributed by atoms with van der Waals surface area (Å²) < 4.78 is 0. The fourth-order valence-corrected chi connectivity index (χ4v) is 3.52. The van der Waals surface area contributed by atoms with Crippen LogP contribution in [0, 0.1) is 0 Å². The van der Waals surface area contributed by atoms with Crippen LogP contribution < -0.4 is 10.2 Å². The molecule has 0 atom stereocenters. The quantitative estimate of drug-likeness (QED) is 0.782. The second-order valence-corrected chi connectivity index (χ2v) is 6.56. The van der Waals surface area contributed by atoms with Gasteiger partial charge in [-0.2, -0.15) is 0 Å². The van der Waals surface area contributed by atoms with E-state index < -0.39 is 0 Å². The molecule has 1 aliphatic heterocycles. The monoisotopic (exact) mass is 339 g/mol. The minimum Gasteiger partial charge on any atom is -0.357 e. The third-order valence-electron chi connectivity index (χ3n) is 3.97. The molecular formula is C16H17N7S. The van der Waals surface area contributed by atoms with Gasteiger partial charge in [-0.05, 0) is 31.0 Å². The van der Waals surface area contributed by atoms with E-state index in [2.05, 4.69) is 35.4 Å². The molecule has 4 rings (SSSR count). The first-order valence-electron chi connectivity index (χ1n) is 7.92. The van der Waals surface area contributed by atoms with Gasteiger partial charge in [0.2, 0.25) is 11.1 Å². The molecule has 0 unspecified atom stereocenters. The number of pyridine rings is 1. The van der Waals surface area contributed by atoms with E-state index in [1.54, 1.807) is 29.9 Å². The van der Waals surface area contributed by atoms with E-state index in [4.69, 9.17) is 0 Å². The first-order chi connectivity index (χ1) is 11.9. The standard InChI is InChI=1S/C16H17N7S/c1-2-7-17-13(4-1)14-21-22-16(24-14)20-12-5-10-23(11-6-12)15-18-8-3-9-19-15/h1-4,7-9,12H,5-6,10-11H2,(H,20,22). The maximum atomic E-state index is 4.32. The normalized spacial score (nSPS) is 15.4. The van der Waals surface area contributed by atoms with Gasteiger partial charge in [-0.3, -0.25) is 4.98 Å². The molecule has 24 heavy (non-hydrogen) atoms. The van der Waals surface area contributed by atoms with Gasteiger partial charge in [0.1, 0.15) is 5.69 Å². The molecule has 0 radical (unpaired) electrons. The lowest BCUT2D eigenvalue weighted by atomic mass is 10.1. The molecule has 122 valence electrons. The van der Waals surface area contributed by atoms with E-state index in [9.17, 15) is 0 Å². The molecule has 0 amide bonds. The number of hydrogen-bond donors (Lipinski definition) is 1. The molecule has 0 bridgehead atoms. The van der Waals surface area contributed by atoms with Crippen molar-refractivity contribution in [1.29, 1.82) is 0 Å². The maximum Gasteiger partial charge on any atom is 0.225 e. The highest BCUT2D eigenvalue weighted by molar-refractivity contribution is 7.18. The lowest BCUT2D eigenvalue weighted by molar-refractivity contribution is 0.519. The summed E-state index contributed by atoms with van der Waals surface area (Å²) in [4.78, 5) is 15.2. The van der Waals surface area contributed by atoms with Crippen molar-refractivity contribution in [3.63, 3.8) is 0 Å². The van der Waals surface area contributed by atoms with Gasteiger partial charge in [0.25, 0.3) is 0 Å². The van der Waals surface area contributed by atoms with Gasteiger partial charge in [-0.15, -0.1) is 10.2 Å². The van der Waals surface area contributed by atoms with Crippen molar-refractivity contribution in [2.45, 2.75) is 18.9 Å². The topological polar surface area (TPSA) is 79.7 Å². The Morgan fingerprint density at radius 2 is 1.75 bits per heavy atom. The van der Waals surface area contributed by atoms with Crippen LogP contribution in [0.15, 0.2) is 42.9 Å². The number of hydrogen-bond acceptors (Lipinski definition) is 8. The average Bonchev–Trinajstić information content (AvgIpc) is 3.12. The van der Waals surface area contributed by atoms with Crippen LogP contribution in [-0.4, -0.2) is 44.3 Å². The predicted octanol–water partition coefficient (Wildman–Crippen LogP) is 2.47. The van der Waals surface area contributed by atoms with Crippen molar-refractivity contribution < 1.29 is 0 Å². The van der Waals surface area contributed by atoms with E-state index in [1.165, 1.54) is 0 Å². The van der Waals surface area contributed by atoms with Crippen LogP contribution in [0.2, 0.25) is 0 Å². The highest BCUT2D eigenvalue weighted by Crippen LogP contribution is 2.26. The largest absolute Gasteiger partial charge is 0.357 e.